The van der Waals surface area contributed by atoms with Crippen molar-refractivity contribution in [3.63, 3.8) is 0 Å². The monoisotopic (exact) mass is 405 g/mol. The maximum absolute atomic E-state index is 12.8. The first-order chi connectivity index (χ1) is 13.3. The average Bonchev–Trinajstić information content (AvgIpc) is 2.98. The first kappa shape index (κ1) is 21.4. The fraction of sp³-hybridized carbons (Fsp3) is 0.350. The van der Waals surface area contributed by atoms with Crippen LogP contribution in [-0.4, -0.2) is 38.2 Å². The van der Waals surface area contributed by atoms with E-state index >= 15 is 0 Å². The summed E-state index contributed by atoms with van der Waals surface area (Å²) in [4.78, 5) is 37.7. The standard InChI is InChI=1S/C20H23NO6S/c1-6-26-19(23)14-12(4)16(20(24)27-7-2)28-18(14)21-17(22)13-10-8-9-11(3)15(13)25-5/h8-10H,6-7H2,1-5H3,(H,21,22). The molecule has 1 N–H and O–H groups in total. The topological polar surface area (TPSA) is 90.9 Å². The third-order valence-electron chi connectivity index (χ3n) is 3.97. The van der Waals surface area contributed by atoms with Crippen molar-refractivity contribution in [2.24, 2.45) is 0 Å². The van der Waals surface area contributed by atoms with E-state index in [0.29, 0.717) is 16.9 Å². The molecule has 150 valence electrons. The van der Waals surface area contributed by atoms with Crippen molar-refractivity contribution in [1.82, 2.24) is 0 Å². The van der Waals surface area contributed by atoms with Gasteiger partial charge in [-0.1, -0.05) is 12.1 Å². The lowest BCUT2D eigenvalue weighted by molar-refractivity contribution is 0.0527. The Labute approximate surface area is 167 Å². The molecule has 0 bridgehead atoms. The number of amides is 1. The van der Waals surface area contributed by atoms with Crippen molar-refractivity contribution in [2.45, 2.75) is 27.7 Å². The van der Waals surface area contributed by atoms with Crippen LogP contribution in [0.1, 0.15) is 55.4 Å². The van der Waals surface area contributed by atoms with Gasteiger partial charge in [0.1, 0.15) is 15.6 Å². The number of carbonyl (C=O) groups is 3. The number of hydrogen-bond acceptors (Lipinski definition) is 7. The Morgan fingerprint density at radius 2 is 1.68 bits per heavy atom. The number of methoxy groups -OCH3 is 1. The summed E-state index contributed by atoms with van der Waals surface area (Å²) in [5.74, 6) is -1.18. The van der Waals surface area contributed by atoms with E-state index in [0.717, 1.165) is 16.9 Å². The second-order valence-corrected chi connectivity index (χ2v) is 6.83. The Kier molecular flexibility index (Phi) is 7.17. The quantitative estimate of drug-likeness (QED) is 0.701. The van der Waals surface area contributed by atoms with Gasteiger partial charge in [0.05, 0.1) is 31.5 Å². The first-order valence-corrected chi connectivity index (χ1v) is 9.59. The molecule has 0 spiro atoms. The van der Waals surface area contributed by atoms with Crippen molar-refractivity contribution in [1.29, 1.82) is 0 Å². The normalized spacial score (nSPS) is 10.3. The molecule has 8 heteroatoms. The van der Waals surface area contributed by atoms with Crippen LogP contribution in [0.2, 0.25) is 0 Å². The van der Waals surface area contributed by atoms with Gasteiger partial charge < -0.3 is 19.5 Å². The molecule has 7 nitrogen and oxygen atoms in total. The lowest BCUT2D eigenvalue weighted by atomic mass is 10.1. The molecule has 1 heterocycles. The second-order valence-electron chi connectivity index (χ2n) is 5.81. The Balaban J connectivity index is 2.48. The Morgan fingerprint density at radius 3 is 2.29 bits per heavy atom. The van der Waals surface area contributed by atoms with Crippen LogP contribution >= 0.6 is 11.3 Å². The molecule has 1 amide bonds. The molecule has 0 aliphatic rings. The zero-order valence-corrected chi connectivity index (χ0v) is 17.3. The number of thiophene rings is 1. The highest BCUT2D eigenvalue weighted by Crippen LogP contribution is 2.35. The second kappa shape index (κ2) is 9.36. The number of aryl methyl sites for hydroxylation is 1. The van der Waals surface area contributed by atoms with E-state index in [-0.39, 0.29) is 28.7 Å². The zero-order chi connectivity index (χ0) is 20.8. The smallest absolute Gasteiger partial charge is 0.348 e. The molecule has 2 aromatic rings. The van der Waals surface area contributed by atoms with Gasteiger partial charge in [0.25, 0.3) is 5.91 Å². The fourth-order valence-electron chi connectivity index (χ4n) is 2.71. The highest BCUT2D eigenvalue weighted by atomic mass is 32.1. The molecule has 0 aliphatic heterocycles. The minimum absolute atomic E-state index is 0.148. The fourth-order valence-corrected chi connectivity index (χ4v) is 3.80. The SMILES string of the molecule is CCOC(=O)c1sc(NC(=O)c2cccc(C)c2OC)c(C(=O)OCC)c1C. The lowest BCUT2D eigenvalue weighted by Gasteiger charge is -2.11. The van der Waals surface area contributed by atoms with Gasteiger partial charge in [-0.05, 0) is 44.9 Å². The van der Waals surface area contributed by atoms with E-state index in [1.165, 1.54) is 7.11 Å². The summed E-state index contributed by atoms with van der Waals surface area (Å²) in [5, 5.41) is 2.95. The van der Waals surface area contributed by atoms with Gasteiger partial charge in [0, 0.05) is 0 Å². The van der Waals surface area contributed by atoms with Crippen LogP contribution in [0.25, 0.3) is 0 Å². The molecule has 0 radical (unpaired) electrons. The van der Waals surface area contributed by atoms with E-state index < -0.39 is 17.8 Å². The number of rotatable bonds is 7. The van der Waals surface area contributed by atoms with Gasteiger partial charge in [-0.15, -0.1) is 11.3 Å². The highest BCUT2D eigenvalue weighted by Gasteiger charge is 2.28. The zero-order valence-electron chi connectivity index (χ0n) is 16.5. The Bertz CT molecular complexity index is 902. The summed E-state index contributed by atoms with van der Waals surface area (Å²) in [7, 11) is 1.48. The van der Waals surface area contributed by atoms with Crippen LogP contribution in [0.3, 0.4) is 0 Å². The maximum atomic E-state index is 12.8. The number of hydrogen-bond donors (Lipinski definition) is 1. The highest BCUT2D eigenvalue weighted by molar-refractivity contribution is 7.18. The van der Waals surface area contributed by atoms with Gasteiger partial charge in [0.2, 0.25) is 0 Å². The number of benzene rings is 1. The molecule has 0 aliphatic carbocycles. The predicted octanol–water partition coefficient (Wildman–Crippen LogP) is 3.98. The number of nitrogens with one attached hydrogen (secondary N) is 1. The largest absolute Gasteiger partial charge is 0.496 e. The number of para-hydroxylation sites is 1. The minimum Gasteiger partial charge on any atom is -0.496 e. The summed E-state index contributed by atoms with van der Waals surface area (Å²) in [6, 6.07) is 5.19. The maximum Gasteiger partial charge on any atom is 0.348 e. The Hall–Kier alpha value is -2.87. The molecule has 0 saturated heterocycles. The van der Waals surface area contributed by atoms with E-state index in [1.807, 2.05) is 13.0 Å². The molecule has 0 fully saturated rings. The average molecular weight is 405 g/mol. The summed E-state index contributed by atoms with van der Waals surface area (Å²) in [6.45, 7) is 7.20. The molecular weight excluding hydrogens is 382 g/mol. The molecule has 2 rings (SSSR count). The summed E-state index contributed by atoms with van der Waals surface area (Å²) >= 11 is 0.981. The van der Waals surface area contributed by atoms with Crippen molar-refractivity contribution in [3.05, 3.63) is 45.3 Å². The van der Waals surface area contributed by atoms with Crippen molar-refractivity contribution in [2.75, 3.05) is 25.6 Å². The lowest BCUT2D eigenvalue weighted by Crippen LogP contribution is -2.16. The molecular formula is C20H23NO6S. The molecule has 0 saturated carbocycles. The summed E-state index contributed by atoms with van der Waals surface area (Å²) in [6.07, 6.45) is 0. The summed E-state index contributed by atoms with van der Waals surface area (Å²) < 4.78 is 15.5. The summed E-state index contributed by atoms with van der Waals surface area (Å²) in [5.41, 5.74) is 1.68. The third-order valence-corrected chi connectivity index (χ3v) is 5.16. The van der Waals surface area contributed by atoms with Gasteiger partial charge in [-0.3, -0.25) is 4.79 Å². The van der Waals surface area contributed by atoms with Crippen LogP contribution in [0, 0.1) is 13.8 Å². The number of esters is 2. The third kappa shape index (κ3) is 4.33. The minimum atomic E-state index is -0.613. The van der Waals surface area contributed by atoms with E-state index in [9.17, 15) is 14.4 Å². The molecule has 0 unspecified atom stereocenters. The van der Waals surface area contributed by atoms with E-state index in [2.05, 4.69) is 5.32 Å². The van der Waals surface area contributed by atoms with Gasteiger partial charge in [-0.25, -0.2) is 9.59 Å². The van der Waals surface area contributed by atoms with Crippen LogP contribution in [0.15, 0.2) is 18.2 Å². The van der Waals surface area contributed by atoms with Crippen molar-refractivity contribution >= 4 is 34.2 Å². The molecule has 28 heavy (non-hydrogen) atoms. The number of carbonyl (C=O) groups excluding carboxylic acids is 3. The van der Waals surface area contributed by atoms with Crippen LogP contribution in [0.4, 0.5) is 5.00 Å². The van der Waals surface area contributed by atoms with Gasteiger partial charge in [-0.2, -0.15) is 0 Å². The molecule has 1 aromatic heterocycles. The first-order valence-electron chi connectivity index (χ1n) is 8.78. The molecule has 1 aromatic carbocycles. The van der Waals surface area contributed by atoms with E-state index in [4.69, 9.17) is 14.2 Å². The Morgan fingerprint density at radius 1 is 1.04 bits per heavy atom. The van der Waals surface area contributed by atoms with Gasteiger partial charge in [0.15, 0.2) is 0 Å². The van der Waals surface area contributed by atoms with Crippen LogP contribution in [0.5, 0.6) is 5.75 Å². The van der Waals surface area contributed by atoms with E-state index in [1.54, 1.807) is 32.9 Å². The van der Waals surface area contributed by atoms with Crippen molar-refractivity contribution < 1.29 is 28.6 Å². The number of ether oxygens (including phenoxy) is 3. The molecule has 0 atom stereocenters. The predicted molar refractivity (Wildman–Crippen MR) is 107 cm³/mol. The van der Waals surface area contributed by atoms with Crippen LogP contribution < -0.4 is 10.1 Å². The van der Waals surface area contributed by atoms with Crippen molar-refractivity contribution in [3.8, 4) is 5.75 Å². The van der Waals surface area contributed by atoms with Crippen LogP contribution in [-0.2, 0) is 9.47 Å². The van der Waals surface area contributed by atoms with Gasteiger partial charge >= 0.3 is 11.9 Å². The number of anilines is 1.